The number of nitrogens with one attached hydrogen (secondary N) is 2. The summed E-state index contributed by atoms with van der Waals surface area (Å²) in [6.45, 7) is 5.79. The molecule has 1 rings (SSSR count). The molecule has 118 valence electrons. The summed E-state index contributed by atoms with van der Waals surface area (Å²) >= 11 is 1.82. The van der Waals surface area contributed by atoms with Crippen molar-refractivity contribution in [3.8, 4) is 0 Å². The highest BCUT2D eigenvalue weighted by Gasteiger charge is 2.25. The van der Waals surface area contributed by atoms with E-state index in [4.69, 9.17) is 0 Å². The molecule has 0 aliphatic heterocycles. The van der Waals surface area contributed by atoms with Crippen molar-refractivity contribution in [1.82, 2.24) is 5.32 Å². The van der Waals surface area contributed by atoms with Crippen LogP contribution in [0, 0.1) is 5.92 Å². The molecular weight excluding hydrogens is 284 g/mol. The Morgan fingerprint density at radius 3 is 2.48 bits per heavy atom. The molecule has 0 aliphatic rings. The first kappa shape index (κ1) is 17.9. The highest BCUT2D eigenvalue weighted by molar-refractivity contribution is 7.98. The predicted octanol–water partition coefficient (Wildman–Crippen LogP) is 3.12. The van der Waals surface area contributed by atoms with Crippen molar-refractivity contribution in [2.45, 2.75) is 32.8 Å². The highest BCUT2D eigenvalue weighted by Crippen LogP contribution is 2.15. The maximum atomic E-state index is 11.8. The molecule has 0 heterocycles. The van der Waals surface area contributed by atoms with Crippen molar-refractivity contribution in [1.29, 1.82) is 0 Å². The van der Waals surface area contributed by atoms with Gasteiger partial charge in [0, 0.05) is 12.2 Å². The van der Waals surface area contributed by atoms with Gasteiger partial charge < -0.3 is 15.7 Å². The lowest BCUT2D eigenvalue weighted by Gasteiger charge is -2.27. The van der Waals surface area contributed by atoms with Gasteiger partial charge in [-0.1, -0.05) is 26.0 Å². The molecule has 0 aromatic heterocycles. The summed E-state index contributed by atoms with van der Waals surface area (Å²) < 4.78 is 0. The number of thioether (sulfide) groups is 1. The Morgan fingerprint density at radius 1 is 1.33 bits per heavy atom. The van der Waals surface area contributed by atoms with Gasteiger partial charge in [0.25, 0.3) is 0 Å². The predicted molar refractivity (Wildman–Crippen MR) is 91.0 cm³/mol. The number of hydrogen-bond acceptors (Lipinski definition) is 3. The number of aryl methyl sites for hydroxylation is 1. The second-order valence-corrected chi connectivity index (χ2v) is 6.74. The number of hydrogen-bond donors (Lipinski definition) is 3. The SMILES string of the molecule is CSCCc1ccc(NC(=O)NCC(C)(O)C(C)C)cc1. The van der Waals surface area contributed by atoms with Gasteiger partial charge in [-0.3, -0.25) is 0 Å². The number of carbonyl (C=O) groups excluding carboxylic acids is 1. The molecule has 0 spiro atoms. The first-order valence-electron chi connectivity index (χ1n) is 7.20. The Bertz CT molecular complexity index is 444. The largest absolute Gasteiger partial charge is 0.388 e. The quantitative estimate of drug-likeness (QED) is 0.725. The summed E-state index contributed by atoms with van der Waals surface area (Å²) in [6.07, 6.45) is 3.12. The van der Waals surface area contributed by atoms with Crippen molar-refractivity contribution in [2.75, 3.05) is 23.9 Å². The number of urea groups is 1. The normalized spacial score (nSPS) is 13.8. The Balaban J connectivity index is 2.44. The van der Waals surface area contributed by atoms with E-state index in [1.165, 1.54) is 5.56 Å². The second kappa shape index (κ2) is 8.29. The van der Waals surface area contributed by atoms with E-state index < -0.39 is 5.60 Å². The van der Waals surface area contributed by atoms with E-state index in [2.05, 4.69) is 16.9 Å². The van der Waals surface area contributed by atoms with E-state index >= 15 is 0 Å². The number of benzene rings is 1. The van der Waals surface area contributed by atoms with Crippen LogP contribution in [-0.4, -0.2) is 35.3 Å². The third-order valence-corrected chi connectivity index (χ3v) is 4.27. The monoisotopic (exact) mass is 310 g/mol. The van der Waals surface area contributed by atoms with Crippen LogP contribution in [-0.2, 0) is 6.42 Å². The molecule has 21 heavy (non-hydrogen) atoms. The lowest BCUT2D eigenvalue weighted by atomic mass is 9.93. The van der Waals surface area contributed by atoms with Gasteiger partial charge in [0.1, 0.15) is 0 Å². The Hall–Kier alpha value is -1.20. The fourth-order valence-electron chi connectivity index (χ4n) is 1.61. The van der Waals surface area contributed by atoms with Crippen molar-refractivity contribution in [3.05, 3.63) is 29.8 Å². The van der Waals surface area contributed by atoms with Crippen molar-refractivity contribution < 1.29 is 9.90 Å². The molecule has 0 radical (unpaired) electrons. The summed E-state index contributed by atoms with van der Waals surface area (Å²) in [5.41, 5.74) is 1.11. The fraction of sp³-hybridized carbons (Fsp3) is 0.562. The Kier molecular flexibility index (Phi) is 7.05. The van der Waals surface area contributed by atoms with Gasteiger partial charge in [0.05, 0.1) is 5.60 Å². The summed E-state index contributed by atoms with van der Waals surface area (Å²) in [5.74, 6) is 1.17. The molecule has 3 N–H and O–H groups in total. The van der Waals surface area contributed by atoms with Gasteiger partial charge in [-0.25, -0.2) is 4.79 Å². The van der Waals surface area contributed by atoms with Crippen molar-refractivity contribution in [2.24, 2.45) is 5.92 Å². The standard InChI is InChI=1S/C16H26N2O2S/c1-12(2)16(3,20)11-17-15(19)18-14-7-5-13(6-8-14)9-10-21-4/h5-8,12,20H,9-11H2,1-4H3,(H2,17,18,19). The van der Waals surface area contributed by atoms with Crippen LogP contribution in [0.1, 0.15) is 26.3 Å². The van der Waals surface area contributed by atoms with E-state index in [-0.39, 0.29) is 18.5 Å². The Morgan fingerprint density at radius 2 is 1.95 bits per heavy atom. The second-order valence-electron chi connectivity index (χ2n) is 5.76. The number of aliphatic hydroxyl groups is 1. The first-order valence-corrected chi connectivity index (χ1v) is 8.59. The molecular formula is C16H26N2O2S. The molecule has 1 unspecified atom stereocenters. The van der Waals surface area contributed by atoms with Crippen LogP contribution in [0.25, 0.3) is 0 Å². The van der Waals surface area contributed by atoms with Crippen molar-refractivity contribution >= 4 is 23.5 Å². The zero-order chi connectivity index (χ0) is 15.9. The van der Waals surface area contributed by atoms with Crippen LogP contribution < -0.4 is 10.6 Å². The molecule has 5 heteroatoms. The van der Waals surface area contributed by atoms with E-state index in [1.54, 1.807) is 6.92 Å². The van der Waals surface area contributed by atoms with Gasteiger partial charge in [-0.05, 0) is 49.0 Å². The van der Waals surface area contributed by atoms with Crippen LogP contribution in [0.3, 0.4) is 0 Å². The molecule has 4 nitrogen and oxygen atoms in total. The molecule has 1 aromatic rings. The molecule has 0 fully saturated rings. The minimum atomic E-state index is -0.904. The summed E-state index contributed by atoms with van der Waals surface area (Å²) in [5, 5.41) is 15.5. The average molecular weight is 310 g/mol. The number of anilines is 1. The van der Waals surface area contributed by atoms with Gasteiger partial charge >= 0.3 is 6.03 Å². The smallest absolute Gasteiger partial charge is 0.319 e. The van der Waals surface area contributed by atoms with E-state index in [0.29, 0.717) is 0 Å². The first-order chi connectivity index (χ1) is 9.85. The third-order valence-electron chi connectivity index (χ3n) is 3.66. The fourth-order valence-corrected chi connectivity index (χ4v) is 2.05. The van der Waals surface area contributed by atoms with Crippen LogP contribution in [0.2, 0.25) is 0 Å². The maximum absolute atomic E-state index is 11.8. The molecule has 2 amide bonds. The molecule has 0 aliphatic carbocycles. The van der Waals surface area contributed by atoms with Crippen molar-refractivity contribution in [3.63, 3.8) is 0 Å². The van der Waals surface area contributed by atoms with Gasteiger partial charge in [-0.2, -0.15) is 11.8 Å². The number of rotatable bonds is 7. The molecule has 0 saturated carbocycles. The number of carbonyl (C=O) groups is 1. The lowest BCUT2D eigenvalue weighted by Crippen LogP contribution is -2.45. The van der Waals surface area contributed by atoms with Crippen LogP contribution in [0.5, 0.6) is 0 Å². The minimum absolute atomic E-state index is 0.0773. The molecule has 1 aromatic carbocycles. The summed E-state index contributed by atoms with van der Waals surface area (Å²) in [6, 6.07) is 7.55. The van der Waals surface area contributed by atoms with Crippen LogP contribution in [0.4, 0.5) is 10.5 Å². The zero-order valence-corrected chi connectivity index (χ0v) is 14.1. The minimum Gasteiger partial charge on any atom is -0.388 e. The Labute approximate surface area is 131 Å². The van der Waals surface area contributed by atoms with Gasteiger partial charge in [0.2, 0.25) is 0 Å². The van der Waals surface area contributed by atoms with E-state index in [0.717, 1.165) is 17.9 Å². The average Bonchev–Trinajstić information content (AvgIpc) is 2.44. The van der Waals surface area contributed by atoms with Gasteiger partial charge in [0.15, 0.2) is 0 Å². The third kappa shape index (κ3) is 6.40. The molecule has 0 saturated heterocycles. The zero-order valence-electron chi connectivity index (χ0n) is 13.3. The molecule has 1 atom stereocenters. The number of amides is 2. The van der Waals surface area contributed by atoms with E-state index in [1.807, 2.05) is 49.9 Å². The topological polar surface area (TPSA) is 61.4 Å². The van der Waals surface area contributed by atoms with Crippen LogP contribution >= 0.6 is 11.8 Å². The van der Waals surface area contributed by atoms with Crippen LogP contribution in [0.15, 0.2) is 24.3 Å². The highest BCUT2D eigenvalue weighted by atomic mass is 32.2. The lowest BCUT2D eigenvalue weighted by molar-refractivity contribution is 0.0170. The van der Waals surface area contributed by atoms with Gasteiger partial charge in [-0.15, -0.1) is 0 Å². The molecule has 0 bridgehead atoms. The maximum Gasteiger partial charge on any atom is 0.319 e. The van der Waals surface area contributed by atoms with E-state index in [9.17, 15) is 9.90 Å². The summed E-state index contributed by atoms with van der Waals surface area (Å²) in [7, 11) is 0. The summed E-state index contributed by atoms with van der Waals surface area (Å²) in [4.78, 5) is 11.8.